The van der Waals surface area contributed by atoms with E-state index in [1.54, 1.807) is 13.8 Å². The number of rotatable bonds is 12. The highest BCUT2D eigenvalue weighted by atomic mass is 16.3. The fraction of sp³-hybridized carbons (Fsp3) is 0.938. The molecule has 0 spiro atoms. The first-order valence-corrected chi connectivity index (χ1v) is 7.89. The Morgan fingerprint density at radius 1 is 1.00 bits per heavy atom. The van der Waals surface area contributed by atoms with Crippen molar-refractivity contribution in [3.63, 3.8) is 0 Å². The molecule has 0 saturated carbocycles. The molecular weight excluding hydrogens is 238 g/mol. The van der Waals surface area contributed by atoms with Crippen molar-refractivity contribution in [2.45, 2.75) is 96.6 Å². The Kier molecular flexibility index (Phi) is 10.2. The van der Waals surface area contributed by atoms with E-state index in [9.17, 15) is 9.90 Å². The number of unbranched alkanes of at least 4 members (excludes halogenated alkanes) is 8. The molecule has 0 radical (unpaired) electrons. The lowest BCUT2D eigenvalue weighted by atomic mass is 9.92. The molecule has 0 fully saturated rings. The summed E-state index contributed by atoms with van der Waals surface area (Å²) in [5.41, 5.74) is 4.90. The summed E-state index contributed by atoms with van der Waals surface area (Å²) in [6, 6.07) is 0. The molecule has 0 amide bonds. The maximum absolute atomic E-state index is 11.7. The average Bonchev–Trinajstić information content (AvgIpc) is 2.34. The molecule has 0 aliphatic heterocycles. The van der Waals surface area contributed by atoms with Crippen molar-refractivity contribution in [3.05, 3.63) is 0 Å². The van der Waals surface area contributed by atoms with Gasteiger partial charge in [0.15, 0.2) is 5.78 Å². The van der Waals surface area contributed by atoms with Crippen LogP contribution in [0, 0.1) is 0 Å². The number of aliphatic hydroxyl groups is 1. The quantitative estimate of drug-likeness (QED) is 0.533. The van der Waals surface area contributed by atoms with Gasteiger partial charge in [-0.2, -0.15) is 0 Å². The molecule has 0 aliphatic carbocycles. The van der Waals surface area contributed by atoms with E-state index in [4.69, 9.17) is 5.73 Å². The van der Waals surface area contributed by atoms with E-state index in [0.717, 1.165) is 12.8 Å². The topological polar surface area (TPSA) is 63.3 Å². The smallest absolute Gasteiger partial charge is 0.163 e. The predicted octanol–water partition coefficient (Wildman–Crippen LogP) is 3.57. The Bertz CT molecular complexity index is 233. The highest BCUT2D eigenvalue weighted by molar-refractivity contribution is 5.84. The molecule has 0 heterocycles. The molecule has 0 aromatic rings. The molecule has 1 atom stereocenters. The maximum atomic E-state index is 11.7. The predicted molar refractivity (Wildman–Crippen MR) is 81.1 cm³/mol. The molecule has 0 aromatic heterocycles. The summed E-state index contributed by atoms with van der Waals surface area (Å²) in [6.07, 6.45) is 10.5. The maximum Gasteiger partial charge on any atom is 0.163 e. The van der Waals surface area contributed by atoms with Crippen LogP contribution in [0.2, 0.25) is 0 Å². The van der Waals surface area contributed by atoms with E-state index >= 15 is 0 Å². The standard InChI is InChI=1S/C16H33NO2/c1-4-5-6-7-8-9-10-11-12-13-14(18)15(19)16(2,3)17/h15,19H,4-13,17H2,1-3H3. The van der Waals surface area contributed by atoms with Crippen LogP contribution in [0.1, 0.15) is 85.0 Å². The fourth-order valence-electron chi connectivity index (χ4n) is 2.16. The van der Waals surface area contributed by atoms with Gasteiger partial charge in [0.2, 0.25) is 0 Å². The number of hydrogen-bond donors (Lipinski definition) is 2. The third-order valence-corrected chi connectivity index (χ3v) is 3.54. The molecular formula is C16H33NO2. The zero-order chi connectivity index (χ0) is 14.7. The molecule has 114 valence electrons. The molecule has 0 bridgehead atoms. The Morgan fingerprint density at radius 3 is 1.84 bits per heavy atom. The van der Waals surface area contributed by atoms with Crippen molar-refractivity contribution in [2.24, 2.45) is 5.73 Å². The van der Waals surface area contributed by atoms with Crippen LogP contribution in [0.15, 0.2) is 0 Å². The minimum atomic E-state index is -1.03. The molecule has 3 N–H and O–H groups in total. The lowest BCUT2D eigenvalue weighted by Gasteiger charge is -2.24. The van der Waals surface area contributed by atoms with E-state index < -0.39 is 11.6 Å². The summed E-state index contributed by atoms with van der Waals surface area (Å²) in [4.78, 5) is 11.7. The first-order valence-electron chi connectivity index (χ1n) is 7.89. The second-order valence-electron chi connectivity index (χ2n) is 6.27. The highest BCUT2D eigenvalue weighted by Crippen LogP contribution is 2.13. The van der Waals surface area contributed by atoms with Gasteiger partial charge in [-0.05, 0) is 20.3 Å². The highest BCUT2D eigenvalue weighted by Gasteiger charge is 2.28. The number of carbonyl (C=O) groups is 1. The zero-order valence-corrected chi connectivity index (χ0v) is 13.1. The van der Waals surface area contributed by atoms with Gasteiger partial charge in [-0.3, -0.25) is 4.79 Å². The average molecular weight is 271 g/mol. The molecule has 1 unspecified atom stereocenters. The Balaban J connectivity index is 3.42. The van der Waals surface area contributed by atoms with Crippen molar-refractivity contribution in [3.8, 4) is 0 Å². The molecule has 3 heteroatoms. The lowest BCUT2D eigenvalue weighted by molar-refractivity contribution is -0.129. The third kappa shape index (κ3) is 10.1. The largest absolute Gasteiger partial charge is 0.383 e. The fourth-order valence-corrected chi connectivity index (χ4v) is 2.16. The molecule has 0 aliphatic rings. The van der Waals surface area contributed by atoms with Gasteiger partial charge in [0.25, 0.3) is 0 Å². The number of Topliss-reactive ketones (excluding diaryl/α,β-unsaturated/α-hetero) is 1. The summed E-state index contributed by atoms with van der Waals surface area (Å²) in [5, 5.41) is 9.70. The molecule has 19 heavy (non-hydrogen) atoms. The van der Waals surface area contributed by atoms with E-state index in [-0.39, 0.29) is 5.78 Å². The second kappa shape index (κ2) is 10.4. The van der Waals surface area contributed by atoms with Gasteiger partial charge < -0.3 is 10.8 Å². The van der Waals surface area contributed by atoms with Gasteiger partial charge in [-0.1, -0.05) is 58.3 Å². The van der Waals surface area contributed by atoms with E-state index in [1.165, 1.54) is 44.9 Å². The first-order chi connectivity index (χ1) is 8.89. The van der Waals surface area contributed by atoms with Gasteiger partial charge in [0.05, 0.1) is 0 Å². The normalized spacial score (nSPS) is 13.5. The number of carbonyl (C=O) groups excluding carboxylic acids is 1. The molecule has 3 nitrogen and oxygen atoms in total. The van der Waals surface area contributed by atoms with Crippen molar-refractivity contribution in [1.29, 1.82) is 0 Å². The number of nitrogens with two attached hydrogens (primary N) is 1. The summed E-state index contributed by atoms with van der Waals surface area (Å²) in [6.45, 7) is 5.60. The Morgan fingerprint density at radius 2 is 1.42 bits per heavy atom. The second-order valence-corrected chi connectivity index (χ2v) is 6.27. The molecule has 0 saturated heterocycles. The van der Waals surface area contributed by atoms with E-state index in [1.807, 2.05) is 0 Å². The first kappa shape index (κ1) is 18.6. The number of hydrogen-bond acceptors (Lipinski definition) is 3. The van der Waals surface area contributed by atoms with E-state index in [0.29, 0.717) is 6.42 Å². The van der Waals surface area contributed by atoms with Crippen LogP contribution in [-0.2, 0) is 4.79 Å². The van der Waals surface area contributed by atoms with Crippen LogP contribution in [0.3, 0.4) is 0 Å². The number of ketones is 1. The van der Waals surface area contributed by atoms with Crippen molar-refractivity contribution in [1.82, 2.24) is 0 Å². The van der Waals surface area contributed by atoms with Gasteiger partial charge in [-0.15, -0.1) is 0 Å². The van der Waals surface area contributed by atoms with Crippen molar-refractivity contribution in [2.75, 3.05) is 0 Å². The van der Waals surface area contributed by atoms with E-state index in [2.05, 4.69) is 6.92 Å². The number of aliphatic hydroxyl groups excluding tert-OH is 1. The van der Waals surface area contributed by atoms with Gasteiger partial charge in [0.1, 0.15) is 6.10 Å². The molecule has 0 aromatic carbocycles. The van der Waals surface area contributed by atoms with Crippen LogP contribution in [0.4, 0.5) is 0 Å². The summed E-state index contributed by atoms with van der Waals surface area (Å²) in [5.74, 6) is -0.115. The lowest BCUT2D eigenvalue weighted by Crippen LogP contribution is -2.49. The van der Waals surface area contributed by atoms with Gasteiger partial charge in [0, 0.05) is 12.0 Å². The summed E-state index contributed by atoms with van der Waals surface area (Å²) < 4.78 is 0. The van der Waals surface area contributed by atoms with Gasteiger partial charge in [-0.25, -0.2) is 0 Å². The van der Waals surface area contributed by atoms with Crippen molar-refractivity contribution < 1.29 is 9.90 Å². The van der Waals surface area contributed by atoms with Crippen LogP contribution < -0.4 is 5.73 Å². The van der Waals surface area contributed by atoms with Crippen molar-refractivity contribution >= 4 is 5.78 Å². The zero-order valence-electron chi connectivity index (χ0n) is 13.1. The minimum Gasteiger partial charge on any atom is -0.383 e. The van der Waals surface area contributed by atoms with Gasteiger partial charge >= 0.3 is 0 Å². The Labute approximate surface area is 119 Å². The Hall–Kier alpha value is -0.410. The van der Waals surface area contributed by atoms with Crippen LogP contribution in [0.5, 0.6) is 0 Å². The molecule has 0 rings (SSSR count). The third-order valence-electron chi connectivity index (χ3n) is 3.54. The van der Waals surface area contributed by atoms with Crippen LogP contribution >= 0.6 is 0 Å². The summed E-state index contributed by atoms with van der Waals surface area (Å²) >= 11 is 0. The van der Waals surface area contributed by atoms with Crippen LogP contribution in [-0.4, -0.2) is 22.5 Å². The minimum absolute atomic E-state index is 0.115. The monoisotopic (exact) mass is 271 g/mol. The van der Waals surface area contributed by atoms with Crippen LogP contribution in [0.25, 0.3) is 0 Å². The summed E-state index contributed by atoms with van der Waals surface area (Å²) in [7, 11) is 0. The SMILES string of the molecule is CCCCCCCCCCCC(=O)C(O)C(C)(C)N.